The molecule has 1 aliphatic carbocycles. The second-order valence-electron chi connectivity index (χ2n) is 4.90. The predicted molar refractivity (Wildman–Crippen MR) is 74.5 cm³/mol. The second kappa shape index (κ2) is 5.67. The molecule has 0 aliphatic heterocycles. The molecule has 1 saturated carbocycles. The zero-order chi connectivity index (χ0) is 13.0. The van der Waals surface area contributed by atoms with E-state index in [4.69, 9.17) is 0 Å². The Morgan fingerprint density at radius 3 is 2.50 bits per heavy atom. The van der Waals surface area contributed by atoms with E-state index in [2.05, 4.69) is 4.72 Å². The van der Waals surface area contributed by atoms with Gasteiger partial charge in [-0.05, 0) is 37.3 Å². The van der Waals surface area contributed by atoms with Gasteiger partial charge >= 0.3 is 0 Å². The number of hydrogen-bond acceptors (Lipinski definition) is 2. The van der Waals surface area contributed by atoms with Gasteiger partial charge in [-0.2, -0.15) is 0 Å². The number of sulfonamides is 1. The first-order valence-corrected chi connectivity index (χ1v) is 7.84. The number of rotatable bonds is 5. The standard InChI is InChI=1S/C14H19NO2S/c1-12-5-7-13(8-6-12)9-10-18(16,17)15-11-14-3-2-4-14/h5-10,14-15H,2-4,11H2,1H3. The van der Waals surface area contributed by atoms with Gasteiger partial charge in [-0.25, -0.2) is 13.1 Å². The van der Waals surface area contributed by atoms with E-state index in [0.717, 1.165) is 24.0 Å². The zero-order valence-electron chi connectivity index (χ0n) is 10.6. The minimum Gasteiger partial charge on any atom is -0.211 e. The van der Waals surface area contributed by atoms with Gasteiger partial charge in [-0.15, -0.1) is 0 Å². The van der Waals surface area contributed by atoms with Gasteiger partial charge < -0.3 is 0 Å². The molecule has 1 N–H and O–H groups in total. The zero-order valence-corrected chi connectivity index (χ0v) is 11.4. The third-order valence-corrected chi connectivity index (χ3v) is 4.38. The molecule has 98 valence electrons. The molecule has 1 fully saturated rings. The Hall–Kier alpha value is -1.13. The van der Waals surface area contributed by atoms with Crippen LogP contribution in [0, 0.1) is 12.8 Å². The third kappa shape index (κ3) is 3.96. The molecule has 0 radical (unpaired) electrons. The molecule has 0 amide bonds. The molecule has 0 saturated heterocycles. The molecule has 3 nitrogen and oxygen atoms in total. The fourth-order valence-corrected chi connectivity index (χ4v) is 2.73. The van der Waals surface area contributed by atoms with Gasteiger partial charge in [-0.1, -0.05) is 36.2 Å². The van der Waals surface area contributed by atoms with Crippen molar-refractivity contribution in [3.8, 4) is 0 Å². The highest BCUT2D eigenvalue weighted by Crippen LogP contribution is 2.25. The average molecular weight is 265 g/mol. The summed E-state index contributed by atoms with van der Waals surface area (Å²) in [5.74, 6) is 0.535. The molecule has 0 spiro atoms. The van der Waals surface area contributed by atoms with Crippen molar-refractivity contribution in [1.82, 2.24) is 4.72 Å². The van der Waals surface area contributed by atoms with Crippen molar-refractivity contribution in [3.63, 3.8) is 0 Å². The molecule has 2 rings (SSSR count). The number of aryl methyl sites for hydroxylation is 1. The van der Waals surface area contributed by atoms with E-state index in [9.17, 15) is 8.42 Å². The maximum absolute atomic E-state index is 11.7. The summed E-state index contributed by atoms with van der Waals surface area (Å²) in [5, 5.41) is 1.25. The van der Waals surface area contributed by atoms with E-state index in [-0.39, 0.29) is 0 Å². The van der Waals surface area contributed by atoms with Crippen LogP contribution in [0.4, 0.5) is 0 Å². The molecule has 0 aromatic heterocycles. The Bertz CT molecular complexity index is 513. The van der Waals surface area contributed by atoms with Crippen LogP contribution in [0.5, 0.6) is 0 Å². The number of hydrogen-bond donors (Lipinski definition) is 1. The van der Waals surface area contributed by atoms with Crippen LogP contribution < -0.4 is 4.72 Å². The SMILES string of the molecule is Cc1ccc(C=CS(=O)(=O)NCC2CCC2)cc1. The Morgan fingerprint density at radius 1 is 1.28 bits per heavy atom. The van der Waals surface area contributed by atoms with Crippen molar-refractivity contribution in [2.75, 3.05) is 6.54 Å². The molecule has 0 bridgehead atoms. The molecule has 0 unspecified atom stereocenters. The predicted octanol–water partition coefficient (Wildman–Crippen LogP) is 2.69. The Labute approximate surface area is 109 Å². The minimum atomic E-state index is -3.29. The highest BCUT2D eigenvalue weighted by atomic mass is 32.2. The lowest BCUT2D eigenvalue weighted by molar-refractivity contribution is 0.316. The van der Waals surface area contributed by atoms with Gasteiger partial charge in [0.05, 0.1) is 0 Å². The van der Waals surface area contributed by atoms with Crippen LogP contribution in [0.1, 0.15) is 30.4 Å². The Morgan fingerprint density at radius 2 is 1.94 bits per heavy atom. The summed E-state index contributed by atoms with van der Waals surface area (Å²) in [6.07, 6.45) is 5.14. The van der Waals surface area contributed by atoms with Crippen LogP contribution in [-0.4, -0.2) is 15.0 Å². The van der Waals surface area contributed by atoms with Gasteiger partial charge in [0.1, 0.15) is 0 Å². The van der Waals surface area contributed by atoms with Crippen molar-refractivity contribution < 1.29 is 8.42 Å². The van der Waals surface area contributed by atoms with E-state index in [0.29, 0.717) is 12.5 Å². The molecule has 0 heterocycles. The molecule has 1 aliphatic rings. The van der Waals surface area contributed by atoms with Gasteiger partial charge in [0.15, 0.2) is 0 Å². The topological polar surface area (TPSA) is 46.2 Å². The third-order valence-electron chi connectivity index (χ3n) is 3.31. The van der Waals surface area contributed by atoms with Crippen LogP contribution in [0.3, 0.4) is 0 Å². The highest BCUT2D eigenvalue weighted by molar-refractivity contribution is 7.92. The smallest absolute Gasteiger partial charge is 0.211 e. The summed E-state index contributed by atoms with van der Waals surface area (Å²) < 4.78 is 26.1. The van der Waals surface area contributed by atoms with Crippen LogP contribution in [0.25, 0.3) is 6.08 Å². The fraction of sp³-hybridized carbons (Fsp3) is 0.429. The van der Waals surface area contributed by atoms with Crippen molar-refractivity contribution in [2.24, 2.45) is 5.92 Å². The summed E-state index contributed by atoms with van der Waals surface area (Å²) in [7, 11) is -3.29. The van der Waals surface area contributed by atoms with Crippen molar-refractivity contribution in [2.45, 2.75) is 26.2 Å². The summed E-state index contributed by atoms with van der Waals surface area (Å²) in [5.41, 5.74) is 2.06. The van der Waals surface area contributed by atoms with Crippen LogP contribution in [-0.2, 0) is 10.0 Å². The second-order valence-corrected chi connectivity index (χ2v) is 6.55. The number of nitrogens with one attached hydrogen (secondary N) is 1. The Balaban J connectivity index is 1.91. The van der Waals surface area contributed by atoms with Crippen molar-refractivity contribution in [1.29, 1.82) is 0 Å². The lowest BCUT2D eigenvalue weighted by atomic mass is 9.86. The maximum atomic E-state index is 11.7. The first-order valence-electron chi connectivity index (χ1n) is 6.29. The lowest BCUT2D eigenvalue weighted by Gasteiger charge is -2.24. The molecular formula is C14H19NO2S. The first-order chi connectivity index (χ1) is 8.55. The highest BCUT2D eigenvalue weighted by Gasteiger charge is 2.18. The summed E-state index contributed by atoms with van der Waals surface area (Å²) in [6, 6.07) is 7.75. The van der Waals surface area contributed by atoms with Gasteiger partial charge in [-0.3, -0.25) is 0 Å². The summed E-state index contributed by atoms with van der Waals surface area (Å²) in [6.45, 7) is 2.57. The monoisotopic (exact) mass is 265 g/mol. The van der Waals surface area contributed by atoms with Crippen LogP contribution >= 0.6 is 0 Å². The summed E-state index contributed by atoms with van der Waals surface area (Å²) >= 11 is 0. The lowest BCUT2D eigenvalue weighted by Crippen LogP contribution is -2.30. The van der Waals surface area contributed by atoms with E-state index in [1.54, 1.807) is 6.08 Å². The van der Waals surface area contributed by atoms with Gasteiger partial charge in [0, 0.05) is 12.0 Å². The minimum absolute atomic E-state index is 0.535. The molecule has 1 aromatic carbocycles. The average Bonchev–Trinajstić information content (AvgIpc) is 2.26. The van der Waals surface area contributed by atoms with Crippen LogP contribution in [0.2, 0.25) is 0 Å². The molecule has 1 aromatic rings. The van der Waals surface area contributed by atoms with Gasteiger partial charge in [0.2, 0.25) is 10.0 Å². The van der Waals surface area contributed by atoms with Crippen molar-refractivity contribution in [3.05, 3.63) is 40.8 Å². The maximum Gasteiger partial charge on any atom is 0.233 e. The quantitative estimate of drug-likeness (QED) is 0.889. The first kappa shape index (κ1) is 13.3. The Kier molecular flexibility index (Phi) is 4.19. The van der Waals surface area contributed by atoms with Crippen LogP contribution in [0.15, 0.2) is 29.7 Å². The molecule has 4 heteroatoms. The molecule has 18 heavy (non-hydrogen) atoms. The van der Waals surface area contributed by atoms with E-state index < -0.39 is 10.0 Å². The van der Waals surface area contributed by atoms with Gasteiger partial charge in [0.25, 0.3) is 0 Å². The largest absolute Gasteiger partial charge is 0.233 e. The van der Waals surface area contributed by atoms with E-state index in [1.165, 1.54) is 11.8 Å². The summed E-state index contributed by atoms with van der Waals surface area (Å²) in [4.78, 5) is 0. The number of benzene rings is 1. The molecular weight excluding hydrogens is 246 g/mol. The normalized spacial score (nSPS) is 16.9. The van der Waals surface area contributed by atoms with E-state index >= 15 is 0 Å². The van der Waals surface area contributed by atoms with Crippen molar-refractivity contribution >= 4 is 16.1 Å². The van der Waals surface area contributed by atoms with E-state index in [1.807, 2.05) is 31.2 Å². The molecule has 0 atom stereocenters. The fourth-order valence-electron chi connectivity index (χ4n) is 1.82.